The first-order valence-corrected chi connectivity index (χ1v) is 3.25. The molecule has 0 fully saturated rings. The van der Waals surface area contributed by atoms with Gasteiger partial charge >= 0.3 is 0 Å². The summed E-state index contributed by atoms with van der Waals surface area (Å²) in [5, 5.41) is 9.09. The lowest BCUT2D eigenvalue weighted by atomic mass is 10.4. The van der Waals surface area contributed by atoms with E-state index < -0.39 is 0 Å². The van der Waals surface area contributed by atoms with E-state index in [9.17, 15) is 0 Å². The first-order chi connectivity index (χ1) is 5.77. The summed E-state index contributed by atoms with van der Waals surface area (Å²) in [5.41, 5.74) is 5.38. The van der Waals surface area contributed by atoms with Crippen molar-refractivity contribution in [3.8, 4) is 5.88 Å². The molecule has 0 amide bonds. The second kappa shape index (κ2) is 3.56. The van der Waals surface area contributed by atoms with Crippen LogP contribution in [0.1, 0.15) is 5.69 Å². The first kappa shape index (κ1) is 8.32. The molecule has 5 nitrogen and oxygen atoms in total. The minimum Gasteiger partial charge on any atom is -0.504 e. The topological polar surface area (TPSA) is 81.3 Å². The van der Waals surface area contributed by atoms with Crippen LogP contribution in [0.15, 0.2) is 18.6 Å². The molecule has 0 spiro atoms. The van der Waals surface area contributed by atoms with Crippen molar-refractivity contribution < 1.29 is 9.84 Å². The number of rotatable bonds is 2. The van der Waals surface area contributed by atoms with Gasteiger partial charge in [0, 0.05) is 6.20 Å². The molecule has 1 aromatic rings. The number of aromatic nitrogens is 2. The van der Waals surface area contributed by atoms with E-state index in [2.05, 4.69) is 9.97 Å². The summed E-state index contributed by atoms with van der Waals surface area (Å²) in [7, 11) is 1.49. The molecule has 0 unspecified atom stereocenters. The van der Waals surface area contributed by atoms with Gasteiger partial charge in [-0.05, 0) is 0 Å². The summed E-state index contributed by atoms with van der Waals surface area (Å²) in [6.07, 6.45) is 3.82. The van der Waals surface area contributed by atoms with Crippen molar-refractivity contribution >= 4 is 5.76 Å². The van der Waals surface area contributed by atoms with Crippen LogP contribution in [0.5, 0.6) is 5.88 Å². The van der Waals surface area contributed by atoms with E-state index in [1.165, 1.54) is 19.5 Å². The normalized spacial score (nSPS) is 11.2. The van der Waals surface area contributed by atoms with Crippen LogP contribution in [0.3, 0.4) is 0 Å². The summed E-state index contributed by atoms with van der Waals surface area (Å²) >= 11 is 0. The standard InChI is InChI=1S/C7H9N3O2/c1-12-7-4-9-5(3-10-7)6(11)2-8/h2-4,11H,8H2,1H3. The van der Waals surface area contributed by atoms with Crippen LogP contribution >= 0.6 is 0 Å². The van der Waals surface area contributed by atoms with Crippen LogP contribution in [0.25, 0.3) is 5.76 Å². The second-order valence-corrected chi connectivity index (χ2v) is 2.00. The third-order valence-electron chi connectivity index (χ3n) is 1.26. The van der Waals surface area contributed by atoms with Crippen molar-refractivity contribution in [1.29, 1.82) is 0 Å². The van der Waals surface area contributed by atoms with Gasteiger partial charge in [-0.1, -0.05) is 0 Å². The van der Waals surface area contributed by atoms with Gasteiger partial charge in [-0.25, -0.2) is 9.97 Å². The molecular formula is C7H9N3O2. The van der Waals surface area contributed by atoms with Crippen LogP contribution < -0.4 is 10.5 Å². The summed E-state index contributed by atoms with van der Waals surface area (Å²) in [6.45, 7) is 0. The Hall–Kier alpha value is -1.78. The predicted molar refractivity (Wildman–Crippen MR) is 43.4 cm³/mol. The Morgan fingerprint density at radius 1 is 1.58 bits per heavy atom. The highest BCUT2D eigenvalue weighted by Crippen LogP contribution is 2.07. The number of methoxy groups -OCH3 is 1. The van der Waals surface area contributed by atoms with Gasteiger partial charge in [0.1, 0.15) is 5.69 Å². The van der Waals surface area contributed by atoms with Crippen molar-refractivity contribution in [2.75, 3.05) is 7.11 Å². The Morgan fingerprint density at radius 3 is 2.75 bits per heavy atom. The van der Waals surface area contributed by atoms with Gasteiger partial charge in [-0.2, -0.15) is 0 Å². The molecule has 1 aromatic heterocycles. The van der Waals surface area contributed by atoms with Crippen molar-refractivity contribution in [2.45, 2.75) is 0 Å². The summed E-state index contributed by atoms with van der Waals surface area (Å²) in [6, 6.07) is 0. The number of nitrogens with zero attached hydrogens (tertiary/aromatic N) is 2. The van der Waals surface area contributed by atoms with Crippen LogP contribution in [0.4, 0.5) is 0 Å². The van der Waals surface area contributed by atoms with Gasteiger partial charge in [-0.3, -0.25) is 0 Å². The third kappa shape index (κ3) is 1.63. The number of ether oxygens (including phenoxy) is 1. The molecule has 0 aliphatic carbocycles. The molecule has 0 radical (unpaired) electrons. The summed E-state index contributed by atoms with van der Waals surface area (Å²) < 4.78 is 4.78. The van der Waals surface area contributed by atoms with Gasteiger partial charge in [0.2, 0.25) is 5.88 Å². The molecule has 0 saturated heterocycles. The van der Waals surface area contributed by atoms with Crippen LogP contribution in [-0.4, -0.2) is 22.2 Å². The molecule has 0 aliphatic heterocycles. The Balaban J connectivity index is 2.92. The molecule has 64 valence electrons. The SMILES string of the molecule is COc1cnc(C(O)=CN)cn1. The number of nitrogens with two attached hydrogens (primary N) is 1. The van der Waals surface area contributed by atoms with E-state index in [1.807, 2.05) is 0 Å². The largest absolute Gasteiger partial charge is 0.504 e. The van der Waals surface area contributed by atoms with Gasteiger partial charge in [0.05, 0.1) is 19.5 Å². The molecule has 3 N–H and O–H groups in total. The molecule has 12 heavy (non-hydrogen) atoms. The summed E-state index contributed by atoms with van der Waals surface area (Å²) in [4.78, 5) is 7.66. The molecule has 5 heteroatoms. The average molecular weight is 167 g/mol. The number of aliphatic hydroxyl groups excluding tert-OH is 1. The average Bonchev–Trinajstić information content (AvgIpc) is 2.17. The zero-order valence-electron chi connectivity index (χ0n) is 6.56. The van der Waals surface area contributed by atoms with Gasteiger partial charge < -0.3 is 15.6 Å². The first-order valence-electron chi connectivity index (χ1n) is 3.25. The lowest BCUT2D eigenvalue weighted by Crippen LogP contribution is -1.95. The van der Waals surface area contributed by atoms with Crippen molar-refractivity contribution in [3.05, 3.63) is 24.3 Å². The third-order valence-corrected chi connectivity index (χ3v) is 1.26. The zero-order chi connectivity index (χ0) is 8.97. The second-order valence-electron chi connectivity index (χ2n) is 2.00. The summed E-state index contributed by atoms with van der Waals surface area (Å²) in [5.74, 6) is 0.286. The smallest absolute Gasteiger partial charge is 0.232 e. The molecule has 0 aliphatic rings. The van der Waals surface area contributed by atoms with Crippen molar-refractivity contribution in [3.63, 3.8) is 0 Å². The Kier molecular flexibility index (Phi) is 2.47. The Bertz CT molecular complexity index is 281. The van der Waals surface area contributed by atoms with Gasteiger partial charge in [-0.15, -0.1) is 0 Å². The molecule has 0 bridgehead atoms. The molecule has 1 rings (SSSR count). The fourth-order valence-corrected chi connectivity index (χ4v) is 0.639. The lowest BCUT2D eigenvalue weighted by molar-refractivity contribution is 0.395. The Labute approximate surface area is 69.5 Å². The molecular weight excluding hydrogens is 158 g/mol. The van der Waals surface area contributed by atoms with E-state index in [0.29, 0.717) is 11.6 Å². The minimum absolute atomic E-state index is 0.106. The van der Waals surface area contributed by atoms with Crippen molar-refractivity contribution in [2.24, 2.45) is 5.73 Å². The van der Waals surface area contributed by atoms with E-state index in [0.717, 1.165) is 6.20 Å². The highest BCUT2D eigenvalue weighted by molar-refractivity contribution is 5.52. The fraction of sp³-hybridized carbons (Fsp3) is 0.143. The Morgan fingerprint density at radius 2 is 2.33 bits per heavy atom. The van der Waals surface area contributed by atoms with Crippen LogP contribution in [0.2, 0.25) is 0 Å². The lowest BCUT2D eigenvalue weighted by Gasteiger charge is -1.99. The minimum atomic E-state index is -0.106. The maximum absolute atomic E-state index is 9.09. The van der Waals surface area contributed by atoms with E-state index in [1.54, 1.807) is 0 Å². The molecule has 0 saturated carbocycles. The maximum atomic E-state index is 9.09. The maximum Gasteiger partial charge on any atom is 0.232 e. The zero-order valence-corrected chi connectivity index (χ0v) is 6.56. The molecule has 0 atom stereocenters. The van der Waals surface area contributed by atoms with Gasteiger partial charge in [0.15, 0.2) is 5.76 Å². The number of hydrogen-bond donors (Lipinski definition) is 2. The van der Waals surface area contributed by atoms with E-state index >= 15 is 0 Å². The quantitative estimate of drug-likeness (QED) is 0.619. The highest BCUT2D eigenvalue weighted by Gasteiger charge is 2.00. The number of hydrogen-bond acceptors (Lipinski definition) is 5. The van der Waals surface area contributed by atoms with Crippen LogP contribution in [0, 0.1) is 0 Å². The monoisotopic (exact) mass is 167 g/mol. The molecule has 1 heterocycles. The number of aliphatic hydroxyl groups is 1. The van der Waals surface area contributed by atoms with Crippen LogP contribution in [-0.2, 0) is 0 Å². The van der Waals surface area contributed by atoms with Gasteiger partial charge in [0.25, 0.3) is 0 Å². The molecule has 0 aromatic carbocycles. The fourth-order valence-electron chi connectivity index (χ4n) is 0.639. The van der Waals surface area contributed by atoms with Crippen molar-refractivity contribution in [1.82, 2.24) is 9.97 Å². The highest BCUT2D eigenvalue weighted by atomic mass is 16.5. The van der Waals surface area contributed by atoms with E-state index in [4.69, 9.17) is 15.6 Å². The predicted octanol–water partition coefficient (Wildman–Crippen LogP) is 0.300. The van der Waals surface area contributed by atoms with E-state index in [-0.39, 0.29) is 5.76 Å².